The molecule has 0 unspecified atom stereocenters. The van der Waals surface area contributed by atoms with Crippen LogP contribution in [0.2, 0.25) is 5.15 Å². The van der Waals surface area contributed by atoms with Crippen molar-refractivity contribution in [3.05, 3.63) is 58.2 Å². The Hall–Kier alpha value is -2.20. The minimum Gasteiger partial charge on any atom is -0.268 e. The van der Waals surface area contributed by atoms with Gasteiger partial charge in [0.15, 0.2) is 0 Å². The molecule has 0 N–H and O–H groups in total. The molecule has 2 amide bonds. The summed E-state index contributed by atoms with van der Waals surface area (Å²) in [6, 6.07) is 10.1. The highest BCUT2D eigenvalue weighted by atomic mass is 35.5. The molecule has 0 radical (unpaired) electrons. The number of pyridine rings is 1. The minimum atomic E-state index is -0.368. The number of amides is 2. The SMILES string of the molecule is Cc1ccc(N2C(=O)c3ccccc3C2=O)nc1Cl. The van der Waals surface area contributed by atoms with Crippen LogP contribution in [0, 0.1) is 6.92 Å². The van der Waals surface area contributed by atoms with Crippen molar-refractivity contribution in [3.63, 3.8) is 0 Å². The molecule has 0 bridgehead atoms. The number of aryl methyl sites for hydroxylation is 1. The molecule has 0 spiro atoms. The van der Waals surface area contributed by atoms with Crippen molar-refractivity contribution in [1.82, 2.24) is 4.98 Å². The maximum Gasteiger partial charge on any atom is 0.267 e. The Kier molecular flexibility index (Phi) is 2.61. The number of hydrogen-bond acceptors (Lipinski definition) is 3. The molecule has 19 heavy (non-hydrogen) atoms. The molecule has 0 aliphatic carbocycles. The lowest BCUT2D eigenvalue weighted by Crippen LogP contribution is -2.30. The Morgan fingerprint density at radius 3 is 2.11 bits per heavy atom. The van der Waals surface area contributed by atoms with E-state index in [-0.39, 0.29) is 22.8 Å². The van der Waals surface area contributed by atoms with E-state index in [1.807, 2.05) is 6.92 Å². The molecule has 0 fully saturated rings. The van der Waals surface area contributed by atoms with E-state index in [4.69, 9.17) is 11.6 Å². The van der Waals surface area contributed by atoms with Gasteiger partial charge < -0.3 is 0 Å². The molecule has 2 aromatic rings. The van der Waals surface area contributed by atoms with Crippen LogP contribution in [-0.4, -0.2) is 16.8 Å². The predicted octanol–water partition coefficient (Wildman–Crippen LogP) is 2.84. The van der Waals surface area contributed by atoms with Crippen molar-refractivity contribution in [2.24, 2.45) is 0 Å². The molecule has 0 atom stereocenters. The third-order valence-electron chi connectivity index (χ3n) is 3.04. The molecular formula is C14H9ClN2O2. The zero-order valence-corrected chi connectivity index (χ0v) is 10.8. The number of rotatable bonds is 1. The maximum atomic E-state index is 12.2. The van der Waals surface area contributed by atoms with Gasteiger partial charge in [0.05, 0.1) is 11.1 Å². The largest absolute Gasteiger partial charge is 0.268 e. The van der Waals surface area contributed by atoms with E-state index in [1.165, 1.54) is 0 Å². The van der Waals surface area contributed by atoms with Crippen molar-refractivity contribution in [2.45, 2.75) is 6.92 Å². The van der Waals surface area contributed by atoms with Gasteiger partial charge in [0, 0.05) is 0 Å². The third-order valence-corrected chi connectivity index (χ3v) is 3.43. The van der Waals surface area contributed by atoms with Gasteiger partial charge in [-0.25, -0.2) is 9.88 Å². The fraction of sp³-hybridized carbons (Fsp3) is 0.0714. The summed E-state index contributed by atoms with van der Waals surface area (Å²) in [5, 5.41) is 0.286. The number of carbonyl (C=O) groups is 2. The van der Waals surface area contributed by atoms with Crippen LogP contribution in [0.4, 0.5) is 5.82 Å². The van der Waals surface area contributed by atoms with Crippen LogP contribution in [0.1, 0.15) is 26.3 Å². The Balaban J connectivity index is 2.11. The average molecular weight is 273 g/mol. The van der Waals surface area contributed by atoms with Gasteiger partial charge in [0.25, 0.3) is 11.8 Å². The molecule has 94 valence electrons. The summed E-state index contributed by atoms with van der Waals surface area (Å²) in [6.45, 7) is 1.81. The van der Waals surface area contributed by atoms with E-state index in [0.717, 1.165) is 10.5 Å². The van der Waals surface area contributed by atoms with Crippen LogP contribution in [0.15, 0.2) is 36.4 Å². The number of nitrogens with zero attached hydrogens (tertiary/aromatic N) is 2. The van der Waals surface area contributed by atoms with E-state index < -0.39 is 0 Å². The van der Waals surface area contributed by atoms with Crippen LogP contribution < -0.4 is 4.90 Å². The summed E-state index contributed by atoms with van der Waals surface area (Å²) in [4.78, 5) is 29.6. The van der Waals surface area contributed by atoms with Crippen LogP contribution in [0.25, 0.3) is 0 Å². The van der Waals surface area contributed by atoms with Gasteiger partial charge in [0.1, 0.15) is 11.0 Å². The topological polar surface area (TPSA) is 50.3 Å². The second kappa shape index (κ2) is 4.17. The summed E-state index contributed by atoms with van der Waals surface area (Å²) in [5.74, 6) is -0.483. The second-order valence-corrected chi connectivity index (χ2v) is 4.63. The zero-order chi connectivity index (χ0) is 13.6. The van der Waals surface area contributed by atoms with E-state index in [0.29, 0.717) is 11.1 Å². The Morgan fingerprint density at radius 2 is 1.58 bits per heavy atom. The third kappa shape index (κ3) is 1.72. The van der Waals surface area contributed by atoms with Crippen molar-refractivity contribution < 1.29 is 9.59 Å². The van der Waals surface area contributed by atoms with Crippen molar-refractivity contribution >= 4 is 29.2 Å². The molecular weight excluding hydrogens is 264 g/mol. The van der Waals surface area contributed by atoms with Gasteiger partial charge in [0.2, 0.25) is 0 Å². The van der Waals surface area contributed by atoms with E-state index in [9.17, 15) is 9.59 Å². The van der Waals surface area contributed by atoms with Gasteiger partial charge >= 0.3 is 0 Å². The monoisotopic (exact) mass is 272 g/mol. The highest BCUT2D eigenvalue weighted by Crippen LogP contribution is 2.28. The van der Waals surface area contributed by atoms with Gasteiger partial charge in [-0.05, 0) is 30.7 Å². The summed E-state index contributed by atoms with van der Waals surface area (Å²) in [7, 11) is 0. The molecule has 1 aliphatic heterocycles. The number of anilines is 1. The summed E-state index contributed by atoms with van der Waals surface area (Å²) in [5.41, 5.74) is 1.58. The quantitative estimate of drug-likeness (QED) is 0.592. The normalized spacial score (nSPS) is 13.9. The first-order chi connectivity index (χ1) is 9.09. The number of carbonyl (C=O) groups excluding carboxylic acids is 2. The molecule has 2 heterocycles. The minimum absolute atomic E-state index is 0.252. The molecule has 0 saturated carbocycles. The van der Waals surface area contributed by atoms with Gasteiger partial charge in [-0.1, -0.05) is 29.8 Å². The lowest BCUT2D eigenvalue weighted by molar-refractivity contribution is 0.0925. The van der Waals surface area contributed by atoms with Crippen LogP contribution in [0.5, 0.6) is 0 Å². The first-order valence-electron chi connectivity index (χ1n) is 5.70. The number of hydrogen-bond donors (Lipinski definition) is 0. The molecule has 4 nitrogen and oxygen atoms in total. The molecule has 3 rings (SSSR count). The standard InChI is InChI=1S/C14H9ClN2O2/c1-8-6-7-11(16-12(8)15)17-13(18)9-4-2-3-5-10(9)14(17)19/h2-7H,1H3. The number of benzene rings is 1. The van der Waals surface area contributed by atoms with Crippen LogP contribution in [-0.2, 0) is 0 Å². The van der Waals surface area contributed by atoms with E-state index >= 15 is 0 Å². The fourth-order valence-corrected chi connectivity index (χ4v) is 2.17. The van der Waals surface area contributed by atoms with E-state index in [2.05, 4.69) is 4.98 Å². The summed E-state index contributed by atoms with van der Waals surface area (Å²) >= 11 is 5.94. The van der Waals surface area contributed by atoms with Gasteiger partial charge in [-0.15, -0.1) is 0 Å². The first-order valence-corrected chi connectivity index (χ1v) is 6.08. The lowest BCUT2D eigenvalue weighted by atomic mass is 10.1. The van der Waals surface area contributed by atoms with Crippen molar-refractivity contribution in [3.8, 4) is 0 Å². The predicted molar refractivity (Wildman–Crippen MR) is 71.6 cm³/mol. The average Bonchev–Trinajstić information content (AvgIpc) is 2.66. The van der Waals surface area contributed by atoms with Crippen LogP contribution in [0.3, 0.4) is 0 Å². The second-order valence-electron chi connectivity index (χ2n) is 4.27. The molecule has 0 saturated heterocycles. The Morgan fingerprint density at radius 1 is 1.00 bits per heavy atom. The Bertz CT molecular complexity index is 677. The van der Waals surface area contributed by atoms with Gasteiger partial charge in [-0.2, -0.15) is 0 Å². The van der Waals surface area contributed by atoms with E-state index in [1.54, 1.807) is 36.4 Å². The number of imide groups is 1. The lowest BCUT2D eigenvalue weighted by Gasteiger charge is -2.13. The smallest absolute Gasteiger partial charge is 0.267 e. The number of halogens is 1. The number of fused-ring (bicyclic) bond motifs is 1. The van der Waals surface area contributed by atoms with Crippen LogP contribution >= 0.6 is 11.6 Å². The van der Waals surface area contributed by atoms with Gasteiger partial charge in [-0.3, -0.25) is 9.59 Å². The first kappa shape index (κ1) is 11.9. The summed E-state index contributed by atoms with van der Waals surface area (Å²) in [6.07, 6.45) is 0. The summed E-state index contributed by atoms with van der Waals surface area (Å²) < 4.78 is 0. The molecule has 1 aromatic carbocycles. The fourth-order valence-electron chi connectivity index (χ4n) is 2.02. The molecule has 5 heteroatoms. The van der Waals surface area contributed by atoms with Crippen molar-refractivity contribution in [1.29, 1.82) is 0 Å². The highest BCUT2D eigenvalue weighted by Gasteiger charge is 2.37. The molecule has 1 aliphatic rings. The Labute approximate surface area is 114 Å². The molecule has 1 aromatic heterocycles. The zero-order valence-electron chi connectivity index (χ0n) is 10.1. The van der Waals surface area contributed by atoms with Crippen molar-refractivity contribution in [2.75, 3.05) is 4.90 Å². The highest BCUT2D eigenvalue weighted by molar-refractivity contribution is 6.34. The number of aromatic nitrogens is 1. The maximum absolute atomic E-state index is 12.2.